The minimum atomic E-state index is 0.571. The number of benzene rings is 2. The molecule has 0 fully saturated rings. The fraction of sp³-hybridized carbons (Fsp3) is 0.125. The van der Waals surface area contributed by atoms with Crippen LogP contribution in [0.2, 0.25) is 0 Å². The van der Waals surface area contributed by atoms with Gasteiger partial charge < -0.3 is 16.0 Å². The van der Waals surface area contributed by atoms with E-state index in [4.69, 9.17) is 5.73 Å². The second kappa shape index (κ2) is 5.28. The number of aromatic nitrogens is 2. The van der Waals surface area contributed by atoms with Crippen molar-refractivity contribution in [1.29, 1.82) is 0 Å². The Balaban J connectivity index is 2.04. The summed E-state index contributed by atoms with van der Waals surface area (Å²) in [6.45, 7) is 0. The van der Waals surface area contributed by atoms with Crippen LogP contribution < -0.4 is 16.0 Å². The van der Waals surface area contributed by atoms with Crippen molar-refractivity contribution >= 4 is 34.0 Å². The van der Waals surface area contributed by atoms with Crippen molar-refractivity contribution in [3.05, 3.63) is 48.5 Å². The van der Waals surface area contributed by atoms with E-state index in [1.54, 1.807) is 0 Å². The molecule has 0 aliphatic rings. The second-order valence-electron chi connectivity index (χ2n) is 5.03. The predicted octanol–water partition coefficient (Wildman–Crippen LogP) is 3.02. The fourth-order valence-electron chi connectivity index (χ4n) is 2.15. The molecule has 0 saturated heterocycles. The van der Waals surface area contributed by atoms with E-state index in [0.717, 1.165) is 28.1 Å². The van der Waals surface area contributed by atoms with Crippen LogP contribution in [0.3, 0.4) is 0 Å². The summed E-state index contributed by atoms with van der Waals surface area (Å²) in [5, 5.41) is 4.25. The highest BCUT2D eigenvalue weighted by Crippen LogP contribution is 2.25. The number of nitrogen functional groups attached to an aromatic ring is 1. The molecule has 3 N–H and O–H groups in total. The van der Waals surface area contributed by atoms with Gasteiger partial charge in [-0.2, -0.15) is 4.98 Å². The molecule has 0 radical (unpaired) electrons. The summed E-state index contributed by atoms with van der Waals surface area (Å²) < 4.78 is 0. The van der Waals surface area contributed by atoms with Crippen molar-refractivity contribution in [3.8, 4) is 0 Å². The van der Waals surface area contributed by atoms with Crippen LogP contribution in [0.5, 0.6) is 0 Å². The Kier molecular flexibility index (Phi) is 3.31. The van der Waals surface area contributed by atoms with Crippen LogP contribution in [0.1, 0.15) is 0 Å². The van der Waals surface area contributed by atoms with Gasteiger partial charge in [0.1, 0.15) is 5.82 Å². The number of fused-ring (bicyclic) bond motifs is 1. The maximum atomic E-state index is 5.69. The Labute approximate surface area is 123 Å². The van der Waals surface area contributed by atoms with Gasteiger partial charge in [0.2, 0.25) is 5.95 Å². The summed E-state index contributed by atoms with van der Waals surface area (Å²) in [4.78, 5) is 11.1. The van der Waals surface area contributed by atoms with E-state index >= 15 is 0 Å². The lowest BCUT2D eigenvalue weighted by atomic mass is 10.2. The average Bonchev–Trinajstić information content (AvgIpc) is 2.48. The standard InChI is InChI=1S/C16H17N5/c1-21(2)15-13-5-3-4-6-14(13)19-16(20-15)18-12-9-7-11(17)8-10-12/h3-10H,17H2,1-2H3,(H,18,19,20). The van der Waals surface area contributed by atoms with Crippen LogP contribution in [0, 0.1) is 0 Å². The quantitative estimate of drug-likeness (QED) is 0.721. The fourth-order valence-corrected chi connectivity index (χ4v) is 2.15. The monoisotopic (exact) mass is 279 g/mol. The van der Waals surface area contributed by atoms with Crippen molar-refractivity contribution in [2.75, 3.05) is 30.0 Å². The maximum Gasteiger partial charge on any atom is 0.229 e. The first-order valence-corrected chi connectivity index (χ1v) is 6.70. The molecule has 5 nitrogen and oxygen atoms in total. The third-order valence-corrected chi connectivity index (χ3v) is 3.17. The zero-order chi connectivity index (χ0) is 14.8. The number of hydrogen-bond donors (Lipinski definition) is 2. The molecule has 0 bridgehead atoms. The highest BCUT2D eigenvalue weighted by atomic mass is 15.2. The van der Waals surface area contributed by atoms with Gasteiger partial charge in [0.25, 0.3) is 0 Å². The molecule has 0 amide bonds. The minimum Gasteiger partial charge on any atom is -0.399 e. The van der Waals surface area contributed by atoms with E-state index in [0.29, 0.717) is 5.95 Å². The van der Waals surface area contributed by atoms with Crippen LogP contribution in [0.25, 0.3) is 10.9 Å². The van der Waals surface area contributed by atoms with Crippen LogP contribution in [0.4, 0.5) is 23.1 Å². The number of nitrogens with two attached hydrogens (primary N) is 1. The van der Waals surface area contributed by atoms with Gasteiger partial charge >= 0.3 is 0 Å². The van der Waals surface area contributed by atoms with Gasteiger partial charge in [-0.1, -0.05) is 12.1 Å². The predicted molar refractivity (Wildman–Crippen MR) is 88.0 cm³/mol. The molecule has 1 aromatic heterocycles. The lowest BCUT2D eigenvalue weighted by Crippen LogP contribution is -2.13. The number of rotatable bonds is 3. The zero-order valence-corrected chi connectivity index (χ0v) is 12.0. The van der Waals surface area contributed by atoms with Crippen LogP contribution in [-0.4, -0.2) is 24.1 Å². The maximum absolute atomic E-state index is 5.69. The SMILES string of the molecule is CN(C)c1nc(Nc2ccc(N)cc2)nc2ccccc12. The molecule has 3 rings (SSSR count). The Morgan fingerprint density at radius 1 is 0.952 bits per heavy atom. The average molecular weight is 279 g/mol. The molecular formula is C16H17N5. The molecule has 0 aliphatic carbocycles. The number of nitrogens with zero attached hydrogens (tertiary/aromatic N) is 3. The van der Waals surface area contributed by atoms with Crippen LogP contribution in [0.15, 0.2) is 48.5 Å². The van der Waals surface area contributed by atoms with E-state index in [-0.39, 0.29) is 0 Å². The van der Waals surface area contributed by atoms with Gasteiger partial charge in [0.15, 0.2) is 0 Å². The molecule has 0 aliphatic heterocycles. The normalized spacial score (nSPS) is 10.6. The van der Waals surface area contributed by atoms with Gasteiger partial charge in [0.05, 0.1) is 5.52 Å². The van der Waals surface area contributed by atoms with Crippen molar-refractivity contribution < 1.29 is 0 Å². The molecule has 3 aromatic rings. The van der Waals surface area contributed by atoms with Crippen molar-refractivity contribution in [2.45, 2.75) is 0 Å². The first-order chi connectivity index (χ1) is 10.1. The number of hydrogen-bond acceptors (Lipinski definition) is 5. The van der Waals surface area contributed by atoms with Gasteiger partial charge in [0, 0.05) is 30.9 Å². The molecule has 1 heterocycles. The van der Waals surface area contributed by atoms with E-state index in [1.165, 1.54) is 0 Å². The molecule has 2 aromatic carbocycles. The molecular weight excluding hydrogens is 262 g/mol. The molecule has 5 heteroatoms. The van der Waals surface area contributed by atoms with Gasteiger partial charge in [-0.15, -0.1) is 0 Å². The lowest BCUT2D eigenvalue weighted by molar-refractivity contribution is 1.06. The summed E-state index contributed by atoms with van der Waals surface area (Å²) in [7, 11) is 3.95. The summed E-state index contributed by atoms with van der Waals surface area (Å²) in [5.74, 6) is 1.46. The van der Waals surface area contributed by atoms with E-state index in [2.05, 4.69) is 15.3 Å². The number of nitrogens with one attached hydrogen (secondary N) is 1. The Morgan fingerprint density at radius 3 is 2.38 bits per heavy atom. The van der Waals surface area contributed by atoms with Gasteiger partial charge in [-0.3, -0.25) is 0 Å². The topological polar surface area (TPSA) is 67.1 Å². The molecule has 0 saturated carbocycles. The highest BCUT2D eigenvalue weighted by Gasteiger charge is 2.09. The van der Waals surface area contributed by atoms with Crippen molar-refractivity contribution in [2.24, 2.45) is 0 Å². The molecule has 0 unspecified atom stereocenters. The Bertz CT molecular complexity index is 765. The van der Waals surface area contributed by atoms with E-state index in [9.17, 15) is 0 Å². The smallest absolute Gasteiger partial charge is 0.229 e. The third-order valence-electron chi connectivity index (χ3n) is 3.17. The Morgan fingerprint density at radius 2 is 1.67 bits per heavy atom. The number of para-hydroxylation sites is 1. The van der Waals surface area contributed by atoms with Gasteiger partial charge in [-0.25, -0.2) is 4.98 Å². The molecule has 106 valence electrons. The second-order valence-corrected chi connectivity index (χ2v) is 5.03. The summed E-state index contributed by atoms with van der Waals surface area (Å²) in [6.07, 6.45) is 0. The van der Waals surface area contributed by atoms with Crippen molar-refractivity contribution in [1.82, 2.24) is 9.97 Å². The lowest BCUT2D eigenvalue weighted by Gasteiger charge is -2.15. The van der Waals surface area contributed by atoms with E-state index < -0.39 is 0 Å². The van der Waals surface area contributed by atoms with Crippen molar-refractivity contribution in [3.63, 3.8) is 0 Å². The first-order valence-electron chi connectivity index (χ1n) is 6.70. The number of anilines is 4. The molecule has 0 atom stereocenters. The van der Waals surface area contributed by atoms with E-state index in [1.807, 2.05) is 67.5 Å². The summed E-state index contributed by atoms with van der Waals surface area (Å²) >= 11 is 0. The minimum absolute atomic E-state index is 0.571. The largest absolute Gasteiger partial charge is 0.399 e. The zero-order valence-electron chi connectivity index (χ0n) is 12.0. The summed E-state index contributed by atoms with van der Waals surface area (Å²) in [5.41, 5.74) is 8.24. The molecule has 0 spiro atoms. The van der Waals surface area contributed by atoms with Crippen LogP contribution >= 0.6 is 0 Å². The Hall–Kier alpha value is -2.82. The molecule has 21 heavy (non-hydrogen) atoms. The summed E-state index contributed by atoms with van der Waals surface area (Å²) in [6, 6.07) is 15.5. The van der Waals surface area contributed by atoms with Crippen LogP contribution in [-0.2, 0) is 0 Å². The highest BCUT2D eigenvalue weighted by molar-refractivity contribution is 5.90. The van der Waals surface area contributed by atoms with Gasteiger partial charge in [-0.05, 0) is 36.4 Å². The third kappa shape index (κ3) is 2.72. The first kappa shape index (κ1) is 13.2.